The molecule has 0 aliphatic heterocycles. The van der Waals surface area contributed by atoms with E-state index in [1.165, 1.54) is 36.4 Å². The van der Waals surface area contributed by atoms with Crippen molar-refractivity contribution in [3.05, 3.63) is 94.7 Å². The topological polar surface area (TPSA) is 116 Å². The number of ether oxygens (including phenoxy) is 3. The molecule has 272 valence electrons. The van der Waals surface area contributed by atoms with Crippen molar-refractivity contribution in [1.82, 2.24) is 15.2 Å². The number of pyridine rings is 1. The number of alkyl carbamates (subject to hydrolysis) is 1. The Balaban J connectivity index is 2.08. The Kier molecular flexibility index (Phi) is 13.0. The number of thioether (sulfide) groups is 1. The molecule has 0 spiro atoms. The second kappa shape index (κ2) is 16.2. The number of nitrogens with zero attached hydrogens (tertiary/aromatic N) is 2. The van der Waals surface area contributed by atoms with Gasteiger partial charge >= 0.3 is 18.4 Å². The Bertz CT molecular complexity index is 1720. The fraction of sp³-hybridized carbons (Fsp3) is 0.417. The summed E-state index contributed by atoms with van der Waals surface area (Å²) < 4.78 is 70.6. The average molecular weight is 721 g/mol. The molecule has 50 heavy (non-hydrogen) atoms. The Morgan fingerprint density at radius 1 is 0.980 bits per heavy atom. The predicted molar refractivity (Wildman–Crippen MR) is 187 cm³/mol. The highest BCUT2D eigenvalue weighted by Gasteiger charge is 2.34. The standard InChI is InChI=1S/C36H44F4N4O5S/c1-21(23-12-14-27(15-13-23)36(38,39)40)29(43-32(45)48-34(3,4)5)19-44(33(46)49-35(6,7)8)22(2)50-31(28(41)20-47-9)24-10-11-25-18-42-30(37)17-26(25)16-24/h10-18,21,29H,2,19-20,41H2,1,3-9H3,(H,43,45)/b31-28-/t21-,29?/m0/s1. The van der Waals surface area contributed by atoms with Crippen LogP contribution in [0, 0.1) is 5.95 Å². The van der Waals surface area contributed by atoms with Crippen molar-refractivity contribution in [1.29, 1.82) is 0 Å². The Morgan fingerprint density at radius 2 is 1.60 bits per heavy atom. The number of amides is 2. The van der Waals surface area contributed by atoms with Crippen LogP contribution in [-0.4, -0.2) is 59.6 Å². The lowest BCUT2D eigenvalue weighted by atomic mass is 9.92. The molecule has 0 radical (unpaired) electrons. The number of fused-ring (bicyclic) bond motifs is 1. The van der Waals surface area contributed by atoms with Crippen LogP contribution in [0.2, 0.25) is 0 Å². The van der Waals surface area contributed by atoms with Gasteiger partial charge in [0.1, 0.15) is 11.2 Å². The van der Waals surface area contributed by atoms with Gasteiger partial charge in [-0.15, -0.1) is 0 Å². The molecule has 0 fully saturated rings. The van der Waals surface area contributed by atoms with Gasteiger partial charge in [-0.25, -0.2) is 14.6 Å². The average Bonchev–Trinajstić information content (AvgIpc) is 2.98. The van der Waals surface area contributed by atoms with Gasteiger partial charge in [-0.3, -0.25) is 4.90 Å². The summed E-state index contributed by atoms with van der Waals surface area (Å²) in [6, 6.07) is 10.2. The molecule has 0 aliphatic carbocycles. The van der Waals surface area contributed by atoms with E-state index in [9.17, 15) is 27.2 Å². The van der Waals surface area contributed by atoms with Crippen molar-refractivity contribution in [3.8, 4) is 0 Å². The lowest BCUT2D eigenvalue weighted by Crippen LogP contribution is -2.49. The summed E-state index contributed by atoms with van der Waals surface area (Å²) in [6.45, 7) is 15.8. The maximum atomic E-state index is 14.0. The summed E-state index contributed by atoms with van der Waals surface area (Å²) in [4.78, 5) is 32.3. The number of carbonyl (C=O) groups is 2. The van der Waals surface area contributed by atoms with Crippen LogP contribution in [0.4, 0.5) is 27.2 Å². The number of nitrogens with one attached hydrogen (secondary N) is 1. The van der Waals surface area contributed by atoms with Crippen molar-refractivity contribution < 1.29 is 41.4 Å². The van der Waals surface area contributed by atoms with Crippen molar-refractivity contribution in [2.75, 3.05) is 20.3 Å². The van der Waals surface area contributed by atoms with Gasteiger partial charge in [-0.2, -0.15) is 17.6 Å². The van der Waals surface area contributed by atoms with Crippen LogP contribution < -0.4 is 11.1 Å². The van der Waals surface area contributed by atoms with E-state index in [4.69, 9.17) is 19.9 Å². The number of aromatic nitrogens is 1. The summed E-state index contributed by atoms with van der Waals surface area (Å²) in [7, 11) is 1.47. The number of carbonyl (C=O) groups excluding carboxylic acids is 2. The molecule has 1 heterocycles. The zero-order valence-electron chi connectivity index (χ0n) is 29.4. The summed E-state index contributed by atoms with van der Waals surface area (Å²) >= 11 is 1.03. The van der Waals surface area contributed by atoms with Crippen LogP contribution >= 0.6 is 11.8 Å². The first-order valence-electron chi connectivity index (χ1n) is 15.6. The number of hydrogen-bond acceptors (Lipinski definition) is 8. The number of hydrogen-bond donors (Lipinski definition) is 2. The minimum Gasteiger partial charge on any atom is -0.444 e. The smallest absolute Gasteiger partial charge is 0.416 e. The van der Waals surface area contributed by atoms with E-state index in [-0.39, 0.29) is 18.2 Å². The van der Waals surface area contributed by atoms with Crippen LogP contribution in [0.25, 0.3) is 15.7 Å². The summed E-state index contributed by atoms with van der Waals surface area (Å²) in [5, 5.41) is 4.18. The fourth-order valence-electron chi connectivity index (χ4n) is 4.75. The van der Waals surface area contributed by atoms with E-state index >= 15 is 0 Å². The molecular formula is C36H44F4N4O5S. The van der Waals surface area contributed by atoms with Gasteiger partial charge in [0.05, 0.1) is 29.8 Å². The molecular weight excluding hydrogens is 676 g/mol. The lowest BCUT2D eigenvalue weighted by Gasteiger charge is -2.34. The largest absolute Gasteiger partial charge is 0.444 e. The predicted octanol–water partition coefficient (Wildman–Crippen LogP) is 8.80. The Morgan fingerprint density at radius 3 is 2.16 bits per heavy atom. The molecule has 0 saturated heterocycles. The van der Waals surface area contributed by atoms with Gasteiger partial charge < -0.3 is 25.3 Å². The van der Waals surface area contributed by atoms with Crippen molar-refractivity contribution >= 4 is 39.6 Å². The third kappa shape index (κ3) is 11.7. The fourth-order valence-corrected chi connectivity index (χ4v) is 5.68. The normalized spacial score (nSPS) is 14.0. The Labute approximate surface area is 294 Å². The molecule has 0 saturated carbocycles. The van der Waals surface area contributed by atoms with E-state index in [0.717, 1.165) is 23.9 Å². The maximum absolute atomic E-state index is 14.0. The zero-order chi connectivity index (χ0) is 37.6. The van der Waals surface area contributed by atoms with Gasteiger partial charge in [-0.1, -0.05) is 49.5 Å². The summed E-state index contributed by atoms with van der Waals surface area (Å²) in [5.41, 5.74) is 5.17. The number of nitrogens with two attached hydrogens (primary N) is 1. The molecule has 0 aliphatic rings. The zero-order valence-corrected chi connectivity index (χ0v) is 30.2. The highest BCUT2D eigenvalue weighted by atomic mass is 32.2. The van der Waals surface area contributed by atoms with Gasteiger partial charge in [0.15, 0.2) is 0 Å². The minimum absolute atomic E-state index is 0.0125. The van der Waals surface area contributed by atoms with Crippen LogP contribution in [0.15, 0.2) is 72.0 Å². The summed E-state index contributed by atoms with van der Waals surface area (Å²) in [5.74, 6) is -1.30. The minimum atomic E-state index is -4.54. The molecule has 1 aromatic heterocycles. The second-order valence-corrected chi connectivity index (χ2v) is 14.7. The number of alkyl halides is 3. The van der Waals surface area contributed by atoms with Crippen LogP contribution in [0.3, 0.4) is 0 Å². The number of benzene rings is 2. The third-order valence-corrected chi connectivity index (χ3v) is 8.28. The van der Waals surface area contributed by atoms with Crippen LogP contribution in [-0.2, 0) is 20.4 Å². The lowest BCUT2D eigenvalue weighted by molar-refractivity contribution is -0.137. The van der Waals surface area contributed by atoms with Crippen LogP contribution in [0.1, 0.15) is 71.1 Å². The first-order chi connectivity index (χ1) is 23.1. The molecule has 9 nitrogen and oxygen atoms in total. The molecule has 3 rings (SSSR count). The highest BCUT2D eigenvalue weighted by Crippen LogP contribution is 2.39. The van der Waals surface area contributed by atoms with Crippen molar-refractivity contribution in [3.63, 3.8) is 0 Å². The van der Waals surface area contributed by atoms with E-state index in [0.29, 0.717) is 32.5 Å². The quantitative estimate of drug-likeness (QED) is 0.149. The van der Waals surface area contributed by atoms with Gasteiger partial charge in [0.2, 0.25) is 5.95 Å². The number of rotatable bonds is 11. The van der Waals surface area contributed by atoms with E-state index < -0.39 is 53.0 Å². The Hall–Kier alpha value is -4.30. The van der Waals surface area contributed by atoms with Gasteiger partial charge in [-0.05, 0) is 76.3 Å². The molecule has 1 unspecified atom stereocenters. The van der Waals surface area contributed by atoms with Crippen molar-refractivity contribution in [2.24, 2.45) is 5.73 Å². The number of halogens is 4. The van der Waals surface area contributed by atoms with E-state index in [1.807, 2.05) is 0 Å². The van der Waals surface area contributed by atoms with E-state index in [2.05, 4.69) is 16.9 Å². The SMILES string of the molecule is C=C(S/C(=C(\N)COC)c1ccc2cnc(F)cc2c1)N(CC(NC(=O)OC(C)(C)C)[C@@H](C)c1ccc(C(F)(F)F)cc1)C(=O)OC(C)(C)C. The van der Waals surface area contributed by atoms with Gasteiger partial charge in [0, 0.05) is 41.3 Å². The molecule has 2 aromatic carbocycles. The molecule has 3 N–H and O–H groups in total. The number of methoxy groups -OCH3 is 1. The highest BCUT2D eigenvalue weighted by molar-refractivity contribution is 8.11. The molecule has 2 atom stereocenters. The van der Waals surface area contributed by atoms with Crippen molar-refractivity contribution in [2.45, 2.75) is 77.8 Å². The summed E-state index contributed by atoms with van der Waals surface area (Å²) in [6.07, 6.45) is -4.74. The molecule has 2 amide bonds. The molecule has 0 bridgehead atoms. The molecule has 14 heteroatoms. The second-order valence-electron chi connectivity index (χ2n) is 13.6. The van der Waals surface area contributed by atoms with Gasteiger partial charge in [0.25, 0.3) is 0 Å². The first kappa shape index (κ1) is 40.1. The third-order valence-electron chi connectivity index (χ3n) is 7.13. The van der Waals surface area contributed by atoms with E-state index in [1.54, 1.807) is 66.7 Å². The molecule has 3 aromatic rings. The first-order valence-corrected chi connectivity index (χ1v) is 16.5. The monoisotopic (exact) mass is 720 g/mol. The maximum Gasteiger partial charge on any atom is 0.416 e. The van der Waals surface area contributed by atoms with Crippen LogP contribution in [0.5, 0.6) is 0 Å².